The first-order valence-electron chi connectivity index (χ1n) is 12.8. The highest BCUT2D eigenvalue weighted by atomic mass is 127. The minimum Gasteiger partial charge on any atom is -0.396 e. The predicted octanol–water partition coefficient (Wildman–Crippen LogP) is 6.92. The summed E-state index contributed by atoms with van der Waals surface area (Å²) >= 11 is 2.96. The van der Waals surface area contributed by atoms with Gasteiger partial charge in [0.15, 0.2) is 0 Å². The van der Waals surface area contributed by atoms with Gasteiger partial charge in [0.05, 0.1) is 6.10 Å². The van der Waals surface area contributed by atoms with Gasteiger partial charge in [-0.3, -0.25) is 0 Å². The quantitative estimate of drug-likeness (QED) is 0.223. The molecule has 172 valence electrons. The van der Waals surface area contributed by atoms with Gasteiger partial charge in [-0.25, -0.2) is 0 Å². The fourth-order valence-electron chi connectivity index (χ4n) is 8.59. The van der Waals surface area contributed by atoms with Crippen LogP contribution in [0.15, 0.2) is 11.6 Å². The van der Waals surface area contributed by atoms with Crippen LogP contribution in [-0.4, -0.2) is 26.3 Å². The van der Waals surface area contributed by atoms with Crippen molar-refractivity contribution in [1.82, 2.24) is 0 Å². The van der Waals surface area contributed by atoms with E-state index in [1.54, 1.807) is 5.57 Å². The third-order valence-electron chi connectivity index (χ3n) is 10.6. The fourth-order valence-corrected chi connectivity index (χ4v) is 10.3. The number of allylic oxidation sites excluding steroid dienone is 1. The Bertz CT molecular complexity index is 661. The Morgan fingerprint density at radius 3 is 2.57 bits per heavy atom. The summed E-state index contributed by atoms with van der Waals surface area (Å²) in [6.45, 7) is 10.2. The van der Waals surface area contributed by atoms with E-state index in [-0.39, 0.29) is 6.10 Å². The lowest BCUT2D eigenvalue weighted by molar-refractivity contribution is -0.0345. The Kier molecular flexibility index (Phi) is 6.77. The van der Waals surface area contributed by atoms with E-state index in [0.29, 0.717) is 26.8 Å². The van der Waals surface area contributed by atoms with Gasteiger partial charge in [0.2, 0.25) is 0 Å². The number of alkyl halides is 1. The van der Waals surface area contributed by atoms with Crippen LogP contribution in [0, 0.1) is 40.4 Å². The van der Waals surface area contributed by atoms with Crippen molar-refractivity contribution < 1.29 is 10.2 Å². The molecule has 2 nitrogen and oxygen atoms in total. The highest BCUT2D eigenvalue weighted by Crippen LogP contribution is 2.72. The molecule has 0 bridgehead atoms. The summed E-state index contributed by atoms with van der Waals surface area (Å²) in [7, 11) is 0. The Morgan fingerprint density at radius 1 is 1.07 bits per heavy atom. The van der Waals surface area contributed by atoms with E-state index in [1.807, 2.05) is 0 Å². The molecule has 3 saturated carbocycles. The van der Waals surface area contributed by atoms with Crippen molar-refractivity contribution in [1.29, 1.82) is 0 Å². The summed E-state index contributed by atoms with van der Waals surface area (Å²) in [5.41, 5.74) is 2.39. The van der Waals surface area contributed by atoms with Crippen LogP contribution in [0.2, 0.25) is 0 Å². The molecule has 0 aromatic carbocycles. The van der Waals surface area contributed by atoms with Crippen molar-refractivity contribution in [2.45, 2.75) is 108 Å². The molecule has 0 amide bonds. The summed E-state index contributed by atoms with van der Waals surface area (Å²) in [5, 5.41) is 19.6. The van der Waals surface area contributed by atoms with E-state index >= 15 is 0 Å². The summed E-state index contributed by atoms with van der Waals surface area (Å²) in [6, 6.07) is 0. The molecular formula is C27H45IO2. The van der Waals surface area contributed by atoms with Crippen LogP contribution in [0.25, 0.3) is 0 Å². The molecule has 30 heavy (non-hydrogen) atoms. The molecule has 9 atom stereocenters. The number of aliphatic hydroxyl groups excluding tert-OH is 2. The molecule has 0 aromatic heterocycles. The minimum absolute atomic E-state index is 0.103. The molecule has 4 rings (SSSR count). The smallest absolute Gasteiger partial charge is 0.0577 e. The van der Waals surface area contributed by atoms with Crippen LogP contribution in [0.3, 0.4) is 0 Å². The number of fused-ring (bicyclic) bond motifs is 5. The van der Waals surface area contributed by atoms with Crippen molar-refractivity contribution in [3.05, 3.63) is 11.6 Å². The van der Waals surface area contributed by atoms with E-state index in [9.17, 15) is 10.2 Å². The first-order valence-corrected chi connectivity index (χ1v) is 13.9. The molecule has 0 radical (unpaired) electrons. The van der Waals surface area contributed by atoms with Gasteiger partial charge in [0, 0.05) is 10.0 Å². The number of rotatable bonds is 6. The van der Waals surface area contributed by atoms with Crippen molar-refractivity contribution in [3.8, 4) is 0 Å². The summed E-state index contributed by atoms with van der Waals surface area (Å²) in [6.07, 6.45) is 16.2. The molecule has 4 aliphatic carbocycles. The topological polar surface area (TPSA) is 40.5 Å². The normalized spacial score (nSPS) is 47.6. The first kappa shape index (κ1) is 23.5. The second-order valence-corrected chi connectivity index (χ2v) is 14.1. The van der Waals surface area contributed by atoms with Crippen LogP contribution in [0.5, 0.6) is 0 Å². The molecular weight excluding hydrogens is 483 g/mol. The minimum atomic E-state index is -0.103. The molecule has 1 unspecified atom stereocenters. The van der Waals surface area contributed by atoms with Gasteiger partial charge in [-0.2, -0.15) is 0 Å². The van der Waals surface area contributed by atoms with E-state index in [0.717, 1.165) is 36.5 Å². The highest BCUT2D eigenvalue weighted by molar-refractivity contribution is 14.1. The summed E-state index contributed by atoms with van der Waals surface area (Å²) in [5.74, 6) is 3.73. The van der Waals surface area contributed by atoms with Gasteiger partial charge in [0.1, 0.15) is 0 Å². The van der Waals surface area contributed by atoms with E-state index in [2.05, 4.69) is 56.4 Å². The van der Waals surface area contributed by atoms with Crippen LogP contribution < -0.4 is 0 Å². The first-order chi connectivity index (χ1) is 14.2. The van der Waals surface area contributed by atoms with Gasteiger partial charge in [-0.1, -0.05) is 74.8 Å². The maximum Gasteiger partial charge on any atom is 0.0577 e. The van der Waals surface area contributed by atoms with Crippen molar-refractivity contribution in [3.63, 3.8) is 0 Å². The van der Waals surface area contributed by atoms with Crippen LogP contribution in [-0.2, 0) is 0 Å². The van der Waals surface area contributed by atoms with Crippen LogP contribution >= 0.6 is 22.6 Å². The summed E-state index contributed by atoms with van der Waals surface area (Å²) < 4.78 is 0.437. The lowest BCUT2D eigenvalue weighted by atomic mass is 9.47. The second-order valence-electron chi connectivity index (χ2n) is 12.2. The average Bonchev–Trinajstić information content (AvgIpc) is 2.99. The molecule has 2 N–H and O–H groups in total. The van der Waals surface area contributed by atoms with Crippen molar-refractivity contribution in [2.24, 2.45) is 40.4 Å². The maximum atomic E-state index is 10.3. The average molecular weight is 529 g/mol. The SMILES string of the molecule is C[C@@H](CO)CCC[C@H](C)[C@H]1CCC2(I)[C@@H]3CC=C4C[C@@H](O)CC[C@]4(C)[C@@H]3CC[C@]12C. The zero-order chi connectivity index (χ0) is 21.7. The second kappa shape index (κ2) is 8.63. The van der Waals surface area contributed by atoms with E-state index in [4.69, 9.17) is 0 Å². The molecule has 4 aliphatic rings. The Morgan fingerprint density at radius 2 is 1.83 bits per heavy atom. The Hall–Kier alpha value is 0.390. The predicted molar refractivity (Wildman–Crippen MR) is 134 cm³/mol. The van der Waals surface area contributed by atoms with Gasteiger partial charge in [0.25, 0.3) is 0 Å². The molecule has 3 heteroatoms. The standard InChI is InChI=1S/C27H45IO2/c1-18(17-29)6-5-7-19(2)22-12-15-27(28)24-9-8-20-16-21(30)10-13-25(20,3)23(24)11-14-26(22,27)4/h8,18-19,21-24,29-30H,5-7,9-17H2,1-4H3/t18-,19+,21+,22-,23-,24-,25+,26-,27?/m1/s1. The van der Waals surface area contributed by atoms with Gasteiger partial charge in [-0.05, 0) is 98.2 Å². The zero-order valence-corrected chi connectivity index (χ0v) is 22.0. The Labute approximate surface area is 198 Å². The lowest BCUT2D eigenvalue weighted by Gasteiger charge is -2.62. The summed E-state index contributed by atoms with van der Waals surface area (Å²) in [4.78, 5) is 0. The monoisotopic (exact) mass is 528 g/mol. The number of hydrogen-bond donors (Lipinski definition) is 2. The van der Waals surface area contributed by atoms with Crippen molar-refractivity contribution in [2.75, 3.05) is 6.61 Å². The van der Waals surface area contributed by atoms with Gasteiger partial charge >= 0.3 is 0 Å². The molecule has 3 fully saturated rings. The highest BCUT2D eigenvalue weighted by Gasteiger charge is 2.65. The lowest BCUT2D eigenvalue weighted by Crippen LogP contribution is -2.57. The van der Waals surface area contributed by atoms with Gasteiger partial charge < -0.3 is 10.2 Å². The number of hydrogen-bond acceptors (Lipinski definition) is 2. The fraction of sp³-hybridized carbons (Fsp3) is 0.926. The molecule has 0 heterocycles. The largest absolute Gasteiger partial charge is 0.396 e. The van der Waals surface area contributed by atoms with Crippen LogP contribution in [0.1, 0.15) is 98.3 Å². The van der Waals surface area contributed by atoms with Gasteiger partial charge in [-0.15, -0.1) is 0 Å². The van der Waals surface area contributed by atoms with Crippen LogP contribution in [0.4, 0.5) is 0 Å². The maximum absolute atomic E-state index is 10.3. The zero-order valence-electron chi connectivity index (χ0n) is 19.8. The number of halogens is 1. The molecule has 0 saturated heterocycles. The molecule has 0 spiro atoms. The molecule has 0 aliphatic heterocycles. The van der Waals surface area contributed by atoms with Crippen molar-refractivity contribution >= 4 is 22.6 Å². The third kappa shape index (κ3) is 3.65. The van der Waals surface area contributed by atoms with E-state index in [1.165, 1.54) is 57.8 Å². The third-order valence-corrected chi connectivity index (χ3v) is 13.2. The Balaban J connectivity index is 1.52. The number of aliphatic hydroxyl groups is 2. The van der Waals surface area contributed by atoms with E-state index < -0.39 is 0 Å². The molecule has 0 aromatic rings.